The van der Waals surface area contributed by atoms with Gasteiger partial charge >= 0.3 is 0 Å². The van der Waals surface area contributed by atoms with Crippen molar-refractivity contribution in [2.24, 2.45) is 0 Å². The van der Waals surface area contributed by atoms with Crippen LogP contribution in [-0.4, -0.2) is 9.97 Å². The number of fused-ring (bicyclic) bond motifs is 1. The van der Waals surface area contributed by atoms with E-state index in [9.17, 15) is 0 Å². The van der Waals surface area contributed by atoms with Crippen LogP contribution in [0.3, 0.4) is 0 Å². The van der Waals surface area contributed by atoms with Gasteiger partial charge in [-0.25, -0.2) is 4.98 Å². The van der Waals surface area contributed by atoms with Gasteiger partial charge in [-0.15, -0.1) is 0 Å². The zero-order valence-corrected chi connectivity index (χ0v) is 11.4. The maximum Gasteiger partial charge on any atom is 0.137 e. The quantitative estimate of drug-likeness (QED) is 0.738. The second kappa shape index (κ2) is 4.54. The molecule has 3 aromatic rings. The number of H-pyrrole nitrogens is 1. The monoisotopic (exact) mass is 250 g/mol. The molecule has 19 heavy (non-hydrogen) atoms. The Kier molecular flexibility index (Phi) is 2.86. The van der Waals surface area contributed by atoms with Gasteiger partial charge in [0.25, 0.3) is 0 Å². The molecule has 2 nitrogen and oxygen atoms in total. The van der Waals surface area contributed by atoms with E-state index in [2.05, 4.69) is 66.4 Å². The number of benzene rings is 1. The molecular formula is C17H18N2. The Balaban J connectivity index is 2.22. The van der Waals surface area contributed by atoms with Crippen LogP contribution in [0.15, 0.2) is 54.9 Å². The molecule has 0 aliphatic carbocycles. The summed E-state index contributed by atoms with van der Waals surface area (Å²) in [5.41, 5.74) is 3.65. The number of nitrogens with zero attached hydrogens (tertiary/aromatic N) is 1. The number of nitrogens with one attached hydrogen (secondary N) is 1. The molecule has 0 fully saturated rings. The van der Waals surface area contributed by atoms with Crippen molar-refractivity contribution in [3.05, 3.63) is 66.0 Å². The summed E-state index contributed by atoms with van der Waals surface area (Å²) in [5.74, 6) is 0. The summed E-state index contributed by atoms with van der Waals surface area (Å²) in [4.78, 5) is 7.67. The van der Waals surface area contributed by atoms with Crippen LogP contribution in [0, 0.1) is 0 Å². The van der Waals surface area contributed by atoms with E-state index in [0.717, 1.165) is 12.1 Å². The molecule has 1 atom stereocenters. The molecule has 2 heterocycles. The molecule has 0 spiro atoms. The molecule has 0 bridgehead atoms. The minimum atomic E-state index is 0.0164. The maximum atomic E-state index is 4.39. The predicted molar refractivity (Wildman–Crippen MR) is 79.3 cm³/mol. The minimum absolute atomic E-state index is 0.0164. The zero-order chi connectivity index (χ0) is 13.3. The molecular weight excluding hydrogens is 232 g/mol. The van der Waals surface area contributed by atoms with Gasteiger partial charge < -0.3 is 4.98 Å². The van der Waals surface area contributed by atoms with Crippen molar-refractivity contribution in [3.63, 3.8) is 0 Å². The summed E-state index contributed by atoms with van der Waals surface area (Å²) in [7, 11) is 0. The topological polar surface area (TPSA) is 28.7 Å². The van der Waals surface area contributed by atoms with E-state index in [0.29, 0.717) is 0 Å². The van der Waals surface area contributed by atoms with Crippen molar-refractivity contribution in [2.75, 3.05) is 0 Å². The minimum Gasteiger partial charge on any atom is -0.346 e. The van der Waals surface area contributed by atoms with Gasteiger partial charge in [0.2, 0.25) is 0 Å². The predicted octanol–water partition coefficient (Wildman–Crippen LogP) is 4.28. The number of pyridine rings is 1. The van der Waals surface area contributed by atoms with Crippen molar-refractivity contribution in [1.29, 1.82) is 0 Å². The highest BCUT2D eigenvalue weighted by molar-refractivity contribution is 5.81. The van der Waals surface area contributed by atoms with Gasteiger partial charge in [-0.1, -0.05) is 44.2 Å². The Morgan fingerprint density at radius 2 is 1.89 bits per heavy atom. The second-order valence-corrected chi connectivity index (χ2v) is 5.15. The average Bonchev–Trinajstić information content (AvgIpc) is 2.92. The van der Waals surface area contributed by atoms with Crippen molar-refractivity contribution >= 4 is 11.0 Å². The van der Waals surface area contributed by atoms with Crippen LogP contribution in [0.5, 0.6) is 0 Å². The van der Waals surface area contributed by atoms with Crippen molar-refractivity contribution < 1.29 is 0 Å². The maximum absolute atomic E-state index is 4.39. The van der Waals surface area contributed by atoms with Gasteiger partial charge in [-0.3, -0.25) is 0 Å². The summed E-state index contributed by atoms with van der Waals surface area (Å²) >= 11 is 0. The fourth-order valence-corrected chi connectivity index (χ4v) is 2.77. The van der Waals surface area contributed by atoms with E-state index in [1.165, 1.54) is 16.5 Å². The number of aromatic amines is 1. The third-order valence-electron chi connectivity index (χ3n) is 4.16. The van der Waals surface area contributed by atoms with Crippen molar-refractivity contribution in [3.8, 4) is 0 Å². The standard InChI is InChI=1S/C17H18N2/c1-3-17(2,13-8-5-4-6-9-13)15-12-19-16-14(15)10-7-11-18-16/h4-12H,3H2,1-2H3,(H,18,19)/t17-/m0/s1. The highest BCUT2D eigenvalue weighted by atomic mass is 14.8. The Morgan fingerprint density at radius 3 is 2.63 bits per heavy atom. The van der Waals surface area contributed by atoms with Crippen LogP contribution in [0.4, 0.5) is 0 Å². The van der Waals surface area contributed by atoms with E-state index in [1.54, 1.807) is 0 Å². The number of hydrogen-bond acceptors (Lipinski definition) is 1. The third kappa shape index (κ3) is 1.84. The summed E-state index contributed by atoms with van der Waals surface area (Å²) < 4.78 is 0. The van der Waals surface area contributed by atoms with Gasteiger partial charge in [-0.2, -0.15) is 0 Å². The van der Waals surface area contributed by atoms with E-state index < -0.39 is 0 Å². The fourth-order valence-electron chi connectivity index (χ4n) is 2.77. The van der Waals surface area contributed by atoms with Gasteiger partial charge in [0.15, 0.2) is 0 Å². The van der Waals surface area contributed by atoms with Crippen molar-refractivity contribution in [2.45, 2.75) is 25.7 Å². The smallest absolute Gasteiger partial charge is 0.137 e. The van der Waals surface area contributed by atoms with Gasteiger partial charge in [0.1, 0.15) is 5.65 Å². The molecule has 0 saturated carbocycles. The normalized spacial score (nSPS) is 14.4. The number of aromatic nitrogens is 2. The molecule has 0 aliphatic heterocycles. The molecule has 3 rings (SSSR count). The highest BCUT2D eigenvalue weighted by Crippen LogP contribution is 2.38. The lowest BCUT2D eigenvalue weighted by Crippen LogP contribution is -2.22. The van der Waals surface area contributed by atoms with E-state index in [1.807, 2.05) is 12.3 Å². The number of hydrogen-bond donors (Lipinski definition) is 1. The molecule has 2 aromatic heterocycles. The van der Waals surface area contributed by atoms with E-state index >= 15 is 0 Å². The van der Waals surface area contributed by atoms with Crippen LogP contribution < -0.4 is 0 Å². The van der Waals surface area contributed by atoms with Crippen LogP contribution in [0.25, 0.3) is 11.0 Å². The first-order valence-corrected chi connectivity index (χ1v) is 6.74. The van der Waals surface area contributed by atoms with Gasteiger partial charge in [-0.05, 0) is 29.7 Å². The number of rotatable bonds is 3. The first-order valence-electron chi connectivity index (χ1n) is 6.74. The molecule has 0 unspecified atom stereocenters. The second-order valence-electron chi connectivity index (χ2n) is 5.15. The molecule has 0 amide bonds. The molecule has 0 aliphatic rings. The molecule has 1 N–H and O–H groups in total. The fraction of sp³-hybridized carbons (Fsp3) is 0.235. The first kappa shape index (κ1) is 12.0. The summed E-state index contributed by atoms with van der Waals surface area (Å²) in [6.07, 6.45) is 4.99. The highest BCUT2D eigenvalue weighted by Gasteiger charge is 2.29. The molecule has 1 aromatic carbocycles. The third-order valence-corrected chi connectivity index (χ3v) is 4.16. The van der Waals surface area contributed by atoms with Crippen molar-refractivity contribution in [1.82, 2.24) is 9.97 Å². The zero-order valence-electron chi connectivity index (χ0n) is 11.4. The lowest BCUT2D eigenvalue weighted by atomic mass is 9.74. The first-order chi connectivity index (χ1) is 9.25. The summed E-state index contributed by atoms with van der Waals surface area (Å²) in [6.45, 7) is 4.54. The summed E-state index contributed by atoms with van der Waals surface area (Å²) in [5, 5.41) is 1.22. The molecule has 2 heteroatoms. The molecule has 96 valence electrons. The van der Waals surface area contributed by atoms with Crippen LogP contribution in [0.2, 0.25) is 0 Å². The van der Waals surface area contributed by atoms with Crippen LogP contribution in [0.1, 0.15) is 31.4 Å². The SMILES string of the molecule is CC[C@@](C)(c1ccccc1)c1c[nH]c2ncccc12. The average molecular weight is 250 g/mol. The Bertz CT molecular complexity index is 685. The Hall–Kier alpha value is -2.09. The van der Waals surface area contributed by atoms with Crippen LogP contribution in [-0.2, 0) is 5.41 Å². The Labute approximate surface area is 113 Å². The van der Waals surface area contributed by atoms with E-state index in [4.69, 9.17) is 0 Å². The van der Waals surface area contributed by atoms with Gasteiger partial charge in [0.05, 0.1) is 0 Å². The summed E-state index contributed by atoms with van der Waals surface area (Å²) in [6, 6.07) is 14.8. The molecule has 0 saturated heterocycles. The lowest BCUT2D eigenvalue weighted by molar-refractivity contribution is 0.554. The lowest BCUT2D eigenvalue weighted by Gasteiger charge is -2.29. The largest absolute Gasteiger partial charge is 0.346 e. The molecule has 0 radical (unpaired) electrons. The van der Waals surface area contributed by atoms with E-state index in [-0.39, 0.29) is 5.41 Å². The van der Waals surface area contributed by atoms with Crippen LogP contribution >= 0.6 is 0 Å². The van der Waals surface area contributed by atoms with Gasteiger partial charge in [0, 0.05) is 23.2 Å². The Morgan fingerprint density at radius 1 is 1.11 bits per heavy atom.